The van der Waals surface area contributed by atoms with Gasteiger partial charge in [-0.15, -0.1) is 0 Å². The van der Waals surface area contributed by atoms with Crippen LogP contribution in [0.15, 0.2) is 11.6 Å². The van der Waals surface area contributed by atoms with Crippen molar-refractivity contribution in [2.45, 2.75) is 77.4 Å². The zero-order valence-electron chi connectivity index (χ0n) is 16.1. The summed E-state index contributed by atoms with van der Waals surface area (Å²) in [6.07, 6.45) is 3.89. The third-order valence-electron chi connectivity index (χ3n) is 4.18. The maximum Gasteiger partial charge on any atom is 0.333 e. The maximum atomic E-state index is 11.9. The van der Waals surface area contributed by atoms with Crippen LogP contribution in [-0.2, 0) is 14.0 Å². The summed E-state index contributed by atoms with van der Waals surface area (Å²) in [6.45, 7) is 18.9. The Morgan fingerprint density at radius 2 is 1.64 bits per heavy atom. The van der Waals surface area contributed by atoms with E-state index in [1.165, 1.54) is 7.11 Å². The molecule has 0 aromatic heterocycles. The van der Waals surface area contributed by atoms with Gasteiger partial charge in [0.25, 0.3) is 0 Å². The topological polar surface area (TPSA) is 35.5 Å². The van der Waals surface area contributed by atoms with Crippen molar-refractivity contribution in [3.05, 3.63) is 11.6 Å². The molecule has 130 valence electrons. The van der Waals surface area contributed by atoms with Crippen molar-refractivity contribution in [3.8, 4) is 0 Å². The highest BCUT2D eigenvalue weighted by Crippen LogP contribution is 2.36. The number of hydrogen-bond acceptors (Lipinski definition) is 3. The van der Waals surface area contributed by atoms with Gasteiger partial charge < -0.3 is 9.16 Å². The number of hydrogen-bond donors (Lipinski definition) is 0. The number of carbonyl (C=O) groups excluding carboxylic acids is 1. The normalized spacial score (nSPS) is 14.1. The summed E-state index contributed by atoms with van der Waals surface area (Å²) in [4.78, 5) is 11.9. The molecule has 0 aromatic rings. The highest BCUT2D eigenvalue weighted by Gasteiger charge is 2.36. The second-order valence-electron chi connectivity index (χ2n) is 8.71. The second kappa shape index (κ2) is 8.45. The Bertz CT molecular complexity index is 388. The molecule has 0 saturated heterocycles. The van der Waals surface area contributed by atoms with E-state index >= 15 is 0 Å². The SMILES string of the molecule is COC(=O)/C(=C/CCCO[Si](C)(C)C(C)(C)C)C[Si](C)(C)C. The van der Waals surface area contributed by atoms with Gasteiger partial charge in [0.1, 0.15) is 0 Å². The summed E-state index contributed by atoms with van der Waals surface area (Å²) in [7, 11) is -1.51. The molecule has 22 heavy (non-hydrogen) atoms. The van der Waals surface area contributed by atoms with E-state index in [0.717, 1.165) is 31.1 Å². The third-order valence-corrected chi connectivity index (χ3v) is 10.2. The van der Waals surface area contributed by atoms with Crippen molar-refractivity contribution in [1.29, 1.82) is 0 Å². The van der Waals surface area contributed by atoms with Gasteiger partial charge in [0, 0.05) is 20.3 Å². The fraction of sp³-hybridized carbons (Fsp3) is 0.824. The van der Waals surface area contributed by atoms with Gasteiger partial charge in [0.15, 0.2) is 8.32 Å². The van der Waals surface area contributed by atoms with Gasteiger partial charge >= 0.3 is 5.97 Å². The lowest BCUT2D eigenvalue weighted by molar-refractivity contribution is -0.136. The molecule has 0 aliphatic carbocycles. The van der Waals surface area contributed by atoms with Crippen molar-refractivity contribution >= 4 is 22.4 Å². The fourth-order valence-corrected chi connectivity index (χ4v) is 4.35. The van der Waals surface area contributed by atoms with Crippen molar-refractivity contribution < 1.29 is 14.0 Å². The standard InChI is InChI=1S/C17H36O3Si2/c1-17(2,3)22(8,9)20-13-11-10-12-15(16(18)19-4)14-21(5,6)7/h12H,10-11,13-14H2,1-9H3/b15-12+. The van der Waals surface area contributed by atoms with Crippen LogP contribution in [-0.4, -0.2) is 36.1 Å². The number of ether oxygens (including phenoxy) is 1. The first-order chi connectivity index (χ1) is 9.80. The monoisotopic (exact) mass is 344 g/mol. The van der Waals surface area contributed by atoms with Crippen molar-refractivity contribution in [2.75, 3.05) is 13.7 Å². The van der Waals surface area contributed by atoms with E-state index < -0.39 is 16.4 Å². The van der Waals surface area contributed by atoms with Crippen molar-refractivity contribution in [3.63, 3.8) is 0 Å². The molecule has 0 atom stereocenters. The quantitative estimate of drug-likeness (QED) is 0.262. The molecular formula is C17H36O3Si2. The number of methoxy groups -OCH3 is 1. The molecule has 0 amide bonds. The number of carbonyl (C=O) groups is 1. The molecule has 3 nitrogen and oxygen atoms in total. The minimum atomic E-state index is -1.65. The predicted octanol–water partition coefficient (Wildman–Crippen LogP) is 5.23. The third kappa shape index (κ3) is 8.29. The van der Waals surface area contributed by atoms with Gasteiger partial charge in [-0.05, 0) is 37.0 Å². The average Bonchev–Trinajstić information content (AvgIpc) is 2.33. The maximum absolute atomic E-state index is 11.9. The lowest BCUT2D eigenvalue weighted by Gasteiger charge is -2.36. The molecule has 0 saturated carbocycles. The van der Waals surface area contributed by atoms with Crippen molar-refractivity contribution in [2.24, 2.45) is 0 Å². The lowest BCUT2D eigenvalue weighted by Crippen LogP contribution is -2.40. The molecule has 5 heteroatoms. The van der Waals surface area contributed by atoms with Crippen LogP contribution in [0.2, 0.25) is 43.8 Å². The van der Waals surface area contributed by atoms with Gasteiger partial charge in [-0.2, -0.15) is 0 Å². The first-order valence-electron chi connectivity index (χ1n) is 8.21. The number of rotatable bonds is 8. The summed E-state index contributed by atoms with van der Waals surface area (Å²) in [5.41, 5.74) is 0.842. The molecule has 0 N–H and O–H groups in total. The largest absolute Gasteiger partial charge is 0.466 e. The van der Waals surface area contributed by atoms with Crippen LogP contribution in [0.5, 0.6) is 0 Å². The van der Waals surface area contributed by atoms with Crippen LogP contribution >= 0.6 is 0 Å². The minimum absolute atomic E-state index is 0.173. The molecular weight excluding hydrogens is 308 g/mol. The van der Waals surface area contributed by atoms with Gasteiger partial charge in [-0.3, -0.25) is 0 Å². The Kier molecular flexibility index (Phi) is 8.30. The number of allylic oxidation sites excluding steroid dienone is 1. The molecule has 0 aliphatic heterocycles. The van der Waals surface area contributed by atoms with E-state index in [4.69, 9.17) is 9.16 Å². The molecule has 0 fully saturated rings. The van der Waals surface area contributed by atoms with Gasteiger partial charge in [0.05, 0.1) is 7.11 Å². The Labute approximate surface area is 139 Å². The molecule has 0 unspecified atom stereocenters. The summed E-state index contributed by atoms with van der Waals surface area (Å²) < 4.78 is 11.1. The average molecular weight is 345 g/mol. The van der Waals surface area contributed by atoms with Crippen LogP contribution in [0.1, 0.15) is 33.6 Å². The second-order valence-corrected chi connectivity index (χ2v) is 19.0. The zero-order valence-corrected chi connectivity index (χ0v) is 18.1. The first-order valence-corrected chi connectivity index (χ1v) is 14.8. The summed E-state index contributed by atoms with van der Waals surface area (Å²) in [6, 6.07) is 0.878. The Morgan fingerprint density at radius 1 is 1.09 bits per heavy atom. The molecule has 0 spiro atoms. The van der Waals surface area contributed by atoms with E-state index in [2.05, 4.69) is 59.6 Å². The van der Waals surface area contributed by atoms with Crippen LogP contribution in [0.25, 0.3) is 0 Å². The summed E-state index contributed by atoms with van der Waals surface area (Å²) in [5.74, 6) is -0.173. The smallest absolute Gasteiger partial charge is 0.333 e. The Hall–Kier alpha value is -0.396. The molecule has 0 aromatic carbocycles. The highest BCUT2D eigenvalue weighted by atomic mass is 28.4. The van der Waals surface area contributed by atoms with Gasteiger partial charge in [-0.25, -0.2) is 4.79 Å². The van der Waals surface area contributed by atoms with Gasteiger partial charge in [-0.1, -0.05) is 46.5 Å². The molecule has 0 aliphatic rings. The molecule has 0 bridgehead atoms. The molecule has 0 heterocycles. The van der Waals surface area contributed by atoms with Crippen LogP contribution in [0.4, 0.5) is 0 Å². The number of esters is 1. The van der Waals surface area contributed by atoms with Crippen LogP contribution in [0.3, 0.4) is 0 Å². The summed E-state index contributed by atoms with van der Waals surface area (Å²) in [5, 5.41) is 0.248. The van der Waals surface area contributed by atoms with E-state index in [0.29, 0.717) is 0 Å². The Balaban J connectivity index is 4.46. The van der Waals surface area contributed by atoms with Gasteiger partial charge in [0.2, 0.25) is 0 Å². The Morgan fingerprint density at radius 3 is 2.05 bits per heavy atom. The first kappa shape index (κ1) is 21.6. The minimum Gasteiger partial charge on any atom is -0.466 e. The lowest BCUT2D eigenvalue weighted by atomic mass is 10.2. The zero-order chi connectivity index (χ0) is 17.6. The number of unbranched alkanes of at least 4 members (excludes halogenated alkanes) is 1. The predicted molar refractivity (Wildman–Crippen MR) is 101 cm³/mol. The molecule has 0 rings (SSSR count). The van der Waals surface area contributed by atoms with E-state index in [1.807, 2.05) is 0 Å². The van der Waals surface area contributed by atoms with E-state index in [-0.39, 0.29) is 11.0 Å². The fourth-order valence-electron chi connectivity index (χ4n) is 1.83. The van der Waals surface area contributed by atoms with Crippen LogP contribution < -0.4 is 0 Å². The summed E-state index contributed by atoms with van der Waals surface area (Å²) >= 11 is 0. The van der Waals surface area contributed by atoms with Crippen LogP contribution in [0, 0.1) is 0 Å². The highest BCUT2D eigenvalue weighted by molar-refractivity contribution is 6.77. The van der Waals surface area contributed by atoms with E-state index in [1.54, 1.807) is 0 Å². The van der Waals surface area contributed by atoms with Crippen molar-refractivity contribution in [1.82, 2.24) is 0 Å². The van der Waals surface area contributed by atoms with E-state index in [9.17, 15) is 4.79 Å². The molecule has 0 radical (unpaired) electrons.